The molecule has 0 fully saturated rings. The van der Waals surface area contributed by atoms with E-state index < -0.39 is 0 Å². The summed E-state index contributed by atoms with van der Waals surface area (Å²) in [7, 11) is 0. The van der Waals surface area contributed by atoms with Gasteiger partial charge in [0.25, 0.3) is 5.82 Å². The van der Waals surface area contributed by atoms with Gasteiger partial charge in [0.15, 0.2) is 0 Å². The van der Waals surface area contributed by atoms with E-state index in [9.17, 15) is 0 Å². The standard InChI is InChI=1S/C37H33N4/c1-5-15-29(16-6-1)25-37(26-30-17-7-2-8-18-30)27-33(40-28-41(39-36(37)40)34-23-13-14-24-38-34)35(31-19-9-3-10-20-31)32-21-11-4-12-22-32/h1-24,28,33,35H,25-27H2/q+1/t33-/m0/s1. The van der Waals surface area contributed by atoms with E-state index in [0.717, 1.165) is 30.9 Å². The van der Waals surface area contributed by atoms with Crippen LogP contribution in [0.4, 0.5) is 0 Å². The largest absolute Gasteiger partial charge is 0.285 e. The second kappa shape index (κ2) is 11.0. The van der Waals surface area contributed by atoms with Crippen LogP contribution in [0.5, 0.6) is 0 Å². The number of benzene rings is 4. The third-order valence-electron chi connectivity index (χ3n) is 8.47. The lowest BCUT2D eigenvalue weighted by Crippen LogP contribution is -2.41. The fraction of sp³-hybridized carbons (Fsp3) is 0.162. The first-order valence-electron chi connectivity index (χ1n) is 14.4. The molecule has 0 saturated carbocycles. The molecule has 3 heterocycles. The van der Waals surface area contributed by atoms with E-state index in [4.69, 9.17) is 5.10 Å². The molecule has 4 aromatic carbocycles. The Hall–Kier alpha value is -4.83. The van der Waals surface area contributed by atoms with E-state index in [1.165, 1.54) is 22.3 Å². The quantitative estimate of drug-likeness (QED) is 0.196. The zero-order valence-electron chi connectivity index (χ0n) is 23.0. The number of aromatic nitrogens is 4. The zero-order valence-corrected chi connectivity index (χ0v) is 23.0. The smallest absolute Gasteiger partial charge is 0.230 e. The molecule has 4 heteroatoms. The maximum absolute atomic E-state index is 5.34. The van der Waals surface area contributed by atoms with Crippen LogP contribution in [-0.4, -0.2) is 14.8 Å². The highest BCUT2D eigenvalue weighted by Crippen LogP contribution is 2.47. The minimum absolute atomic E-state index is 0.177. The summed E-state index contributed by atoms with van der Waals surface area (Å²) in [6, 6.07) is 49.9. The van der Waals surface area contributed by atoms with Crippen molar-refractivity contribution in [1.29, 1.82) is 0 Å². The topological polar surface area (TPSA) is 34.6 Å². The third kappa shape index (κ3) is 4.98. The summed E-state index contributed by atoms with van der Waals surface area (Å²) >= 11 is 0. The fourth-order valence-electron chi connectivity index (χ4n) is 6.74. The van der Waals surface area contributed by atoms with Gasteiger partial charge in [0.05, 0.1) is 11.5 Å². The van der Waals surface area contributed by atoms with Crippen LogP contribution in [0.25, 0.3) is 5.82 Å². The van der Waals surface area contributed by atoms with Crippen LogP contribution in [0.1, 0.15) is 46.5 Å². The average Bonchev–Trinajstić information content (AvgIpc) is 3.60. The molecule has 1 aliphatic heterocycles. The molecule has 7 rings (SSSR count). The Kier molecular flexibility index (Phi) is 6.73. The van der Waals surface area contributed by atoms with Crippen LogP contribution in [0.2, 0.25) is 0 Å². The number of nitrogens with zero attached hydrogens (tertiary/aromatic N) is 4. The summed E-state index contributed by atoms with van der Waals surface area (Å²) in [6.07, 6.45) is 6.82. The minimum atomic E-state index is -0.199. The first-order valence-corrected chi connectivity index (χ1v) is 14.4. The normalized spacial score (nSPS) is 15.6. The van der Waals surface area contributed by atoms with Gasteiger partial charge in [0, 0.05) is 23.3 Å². The predicted molar refractivity (Wildman–Crippen MR) is 162 cm³/mol. The Morgan fingerprint density at radius 3 is 1.68 bits per heavy atom. The molecule has 200 valence electrons. The second-order valence-corrected chi connectivity index (χ2v) is 11.2. The predicted octanol–water partition coefficient (Wildman–Crippen LogP) is 7.05. The van der Waals surface area contributed by atoms with Crippen molar-refractivity contribution in [2.45, 2.75) is 36.6 Å². The summed E-state index contributed by atoms with van der Waals surface area (Å²) < 4.78 is 4.44. The molecule has 1 atom stereocenters. The van der Waals surface area contributed by atoms with Gasteiger partial charge in [-0.05, 0) is 47.6 Å². The van der Waals surface area contributed by atoms with Gasteiger partial charge in [-0.2, -0.15) is 0 Å². The maximum atomic E-state index is 5.34. The van der Waals surface area contributed by atoms with Crippen LogP contribution in [-0.2, 0) is 18.3 Å². The molecule has 0 N–H and O–H groups in total. The Morgan fingerprint density at radius 1 is 0.659 bits per heavy atom. The fourth-order valence-corrected chi connectivity index (χ4v) is 6.74. The van der Waals surface area contributed by atoms with Crippen LogP contribution in [0.15, 0.2) is 152 Å². The molecule has 0 unspecified atom stereocenters. The van der Waals surface area contributed by atoms with Gasteiger partial charge in [-0.3, -0.25) is 0 Å². The van der Waals surface area contributed by atoms with Crippen molar-refractivity contribution in [1.82, 2.24) is 14.8 Å². The molecule has 0 aliphatic carbocycles. The minimum Gasteiger partial charge on any atom is -0.230 e. The number of fused-ring (bicyclic) bond motifs is 1. The summed E-state index contributed by atoms with van der Waals surface area (Å²) in [4.78, 5) is 4.65. The van der Waals surface area contributed by atoms with Gasteiger partial charge in [-0.1, -0.05) is 132 Å². The molecule has 2 aromatic heterocycles. The van der Waals surface area contributed by atoms with Crippen LogP contribution < -0.4 is 4.57 Å². The molecule has 0 radical (unpaired) electrons. The Morgan fingerprint density at radius 2 is 1.17 bits per heavy atom. The molecule has 0 spiro atoms. The summed E-state index contributed by atoms with van der Waals surface area (Å²) in [6.45, 7) is 0. The Labute approximate surface area is 241 Å². The molecule has 6 aromatic rings. The van der Waals surface area contributed by atoms with Crippen molar-refractivity contribution in [2.24, 2.45) is 0 Å². The molecular weight excluding hydrogens is 500 g/mol. The molecule has 0 amide bonds. The molecule has 0 saturated heterocycles. The number of pyridine rings is 1. The monoisotopic (exact) mass is 533 g/mol. The van der Waals surface area contributed by atoms with E-state index >= 15 is 0 Å². The van der Waals surface area contributed by atoms with Gasteiger partial charge in [0.2, 0.25) is 12.1 Å². The lowest BCUT2D eigenvalue weighted by Gasteiger charge is -2.29. The van der Waals surface area contributed by atoms with Crippen molar-refractivity contribution in [3.63, 3.8) is 0 Å². The molecule has 1 aliphatic rings. The summed E-state index contributed by atoms with van der Waals surface area (Å²) in [5.41, 5.74) is 5.11. The van der Waals surface area contributed by atoms with Crippen molar-refractivity contribution >= 4 is 0 Å². The van der Waals surface area contributed by atoms with Gasteiger partial charge in [-0.25, -0.2) is 9.55 Å². The van der Waals surface area contributed by atoms with Crippen LogP contribution in [0.3, 0.4) is 0 Å². The molecule has 41 heavy (non-hydrogen) atoms. The number of hydrogen-bond donors (Lipinski definition) is 0. The van der Waals surface area contributed by atoms with Crippen molar-refractivity contribution in [3.05, 3.63) is 180 Å². The lowest BCUT2D eigenvalue weighted by atomic mass is 9.71. The average molecular weight is 534 g/mol. The van der Waals surface area contributed by atoms with Crippen molar-refractivity contribution in [2.75, 3.05) is 0 Å². The molecule has 4 nitrogen and oxygen atoms in total. The first-order chi connectivity index (χ1) is 20.3. The van der Waals surface area contributed by atoms with E-state index in [1.807, 2.05) is 29.1 Å². The second-order valence-electron chi connectivity index (χ2n) is 11.2. The SMILES string of the molecule is c1ccc(CC2(Cc3ccccc3)C[C@@H](C(c3ccccc3)c3ccccc3)[n+]3cn(-c4ccccn4)nc32)cc1. The summed E-state index contributed by atoms with van der Waals surface area (Å²) in [5.74, 6) is 2.13. The van der Waals surface area contributed by atoms with E-state index in [0.29, 0.717) is 0 Å². The van der Waals surface area contributed by atoms with E-state index in [-0.39, 0.29) is 17.4 Å². The van der Waals surface area contributed by atoms with E-state index in [2.05, 4.69) is 137 Å². The Balaban J connectivity index is 1.44. The van der Waals surface area contributed by atoms with Gasteiger partial charge < -0.3 is 0 Å². The highest BCUT2D eigenvalue weighted by molar-refractivity contribution is 5.35. The maximum Gasteiger partial charge on any atom is 0.285 e. The summed E-state index contributed by atoms with van der Waals surface area (Å²) in [5, 5.41) is 5.34. The van der Waals surface area contributed by atoms with E-state index in [1.54, 1.807) is 0 Å². The molecular formula is C37H33N4+. The van der Waals surface area contributed by atoms with Gasteiger partial charge >= 0.3 is 0 Å². The number of rotatable bonds is 8. The highest BCUT2D eigenvalue weighted by atomic mass is 15.4. The first kappa shape index (κ1) is 25.2. The molecule has 0 bridgehead atoms. The lowest BCUT2D eigenvalue weighted by molar-refractivity contribution is -0.719. The highest BCUT2D eigenvalue weighted by Gasteiger charge is 2.54. The van der Waals surface area contributed by atoms with Crippen LogP contribution in [0, 0.1) is 0 Å². The number of hydrogen-bond acceptors (Lipinski definition) is 2. The van der Waals surface area contributed by atoms with Crippen LogP contribution >= 0.6 is 0 Å². The van der Waals surface area contributed by atoms with Crippen molar-refractivity contribution in [3.8, 4) is 5.82 Å². The van der Waals surface area contributed by atoms with Crippen molar-refractivity contribution < 1.29 is 4.57 Å². The zero-order chi connectivity index (χ0) is 27.5. The van der Waals surface area contributed by atoms with Gasteiger partial charge in [-0.15, -0.1) is 0 Å². The third-order valence-corrected chi connectivity index (χ3v) is 8.47. The Bertz CT molecular complexity index is 1620. The van der Waals surface area contributed by atoms with Gasteiger partial charge in [0.1, 0.15) is 0 Å².